The summed E-state index contributed by atoms with van der Waals surface area (Å²) in [6.07, 6.45) is 2.40. The van der Waals surface area contributed by atoms with Crippen molar-refractivity contribution in [2.24, 2.45) is 10.8 Å². The Morgan fingerprint density at radius 1 is 0.446 bits per heavy atom. The first-order valence-electron chi connectivity index (χ1n) is 23.3. The molecule has 6 nitrogen and oxygen atoms in total. The average Bonchev–Trinajstić information content (AvgIpc) is 3.13. The first kappa shape index (κ1) is 53.9. The van der Waals surface area contributed by atoms with Crippen molar-refractivity contribution >= 4 is 26.5 Å². The molecular weight excluding hydrogens is 851 g/mol. The fourth-order valence-corrected chi connectivity index (χ4v) is 12.6. The maximum Gasteiger partial charge on any atom is 0.188 e. The third-order valence-corrected chi connectivity index (χ3v) is 15.8. The lowest BCUT2D eigenvalue weighted by atomic mass is 9.72. The van der Waals surface area contributed by atoms with E-state index in [9.17, 15) is 0 Å². The molecule has 0 atom stereocenters. The highest BCUT2D eigenvalue weighted by atomic mass is 28.3. The second-order valence-electron chi connectivity index (χ2n) is 23.9. The minimum atomic E-state index is -2.02. The van der Waals surface area contributed by atoms with Gasteiger partial charge in [-0.1, -0.05) is 121 Å². The van der Waals surface area contributed by atoms with E-state index in [-0.39, 0.29) is 60.1 Å². The van der Waals surface area contributed by atoms with Gasteiger partial charge in [-0.3, -0.25) is 0 Å². The van der Waals surface area contributed by atoms with Crippen LogP contribution in [-0.4, -0.2) is 57.2 Å². The van der Waals surface area contributed by atoms with Crippen molar-refractivity contribution in [1.82, 2.24) is 0 Å². The fraction of sp³-hybridized carbons (Fsp3) is 0.564. The Hall–Kier alpha value is -3.71. The van der Waals surface area contributed by atoms with Gasteiger partial charge in [0.25, 0.3) is 0 Å². The molecule has 0 aliphatic heterocycles. The molecule has 0 aromatic heterocycles. The van der Waals surface area contributed by atoms with Crippen molar-refractivity contribution in [3.8, 4) is 45.3 Å². The van der Waals surface area contributed by atoms with Crippen LogP contribution in [0.4, 0.5) is 8.78 Å². The monoisotopic (exact) mass is 933 g/mol. The molecule has 0 amide bonds. The highest BCUT2D eigenvalue weighted by Gasteiger charge is 2.35. The van der Waals surface area contributed by atoms with Crippen molar-refractivity contribution in [3.63, 3.8) is 0 Å². The molecule has 0 saturated heterocycles. The molecule has 4 aromatic rings. The molecule has 0 radical (unpaired) electrons. The van der Waals surface area contributed by atoms with Crippen molar-refractivity contribution in [1.29, 1.82) is 0 Å². The second kappa shape index (κ2) is 20.7. The Labute approximate surface area is 394 Å². The molecule has 0 heterocycles. The summed E-state index contributed by atoms with van der Waals surface area (Å²) >= 11 is 0. The number of aryl methyl sites for hydroxylation is 2. The summed E-state index contributed by atoms with van der Waals surface area (Å²) in [4.78, 5) is 0. The molecule has 0 unspecified atom stereocenters. The van der Waals surface area contributed by atoms with Gasteiger partial charge in [0.2, 0.25) is 0 Å². The van der Waals surface area contributed by atoms with Gasteiger partial charge in [0.05, 0.1) is 29.4 Å². The van der Waals surface area contributed by atoms with Gasteiger partial charge in [-0.2, -0.15) is 0 Å². The first-order valence-corrected chi connectivity index (χ1v) is 30.3. The Morgan fingerprint density at radius 3 is 1.06 bits per heavy atom. The Bertz CT molecular complexity index is 2110. The van der Waals surface area contributed by atoms with E-state index < -0.39 is 16.1 Å². The number of methoxy groups -OCH3 is 2. The zero-order chi connectivity index (χ0) is 49.1. The molecule has 0 spiro atoms. The highest BCUT2D eigenvalue weighted by Crippen LogP contribution is 2.46. The predicted octanol–water partition coefficient (Wildman–Crippen LogP) is 14.2. The smallest absolute Gasteiger partial charge is 0.188 e. The van der Waals surface area contributed by atoms with Gasteiger partial charge in [0.15, 0.2) is 13.6 Å². The molecule has 4 rings (SSSR count). The lowest BCUT2D eigenvalue weighted by Gasteiger charge is -2.35. The highest BCUT2D eigenvalue weighted by molar-refractivity contribution is 6.90. The zero-order valence-electron chi connectivity index (χ0n) is 43.8. The molecule has 360 valence electrons. The van der Waals surface area contributed by atoms with Crippen molar-refractivity contribution in [2.45, 2.75) is 152 Å². The Morgan fingerprint density at radius 2 is 0.769 bits per heavy atom. The molecule has 0 fully saturated rings. The van der Waals surface area contributed by atoms with Gasteiger partial charge in [0.1, 0.15) is 34.6 Å². The number of hydrogen-bond donors (Lipinski definition) is 0. The molecule has 0 bridgehead atoms. The summed E-state index contributed by atoms with van der Waals surface area (Å²) in [6, 6.07) is 15.1. The SMILES string of the molecule is COCOc1c(-c2cc(F)cc(C)c2OCCCOc2c(C)cc(F)cc2-c2cc(C(C)(C)CC(C)(C)C)cc([Si](C)(C)C)c2OCOC)cc(C(C)(C)CC(C)(C)C)cc1[Si](C)(C)C. The Kier molecular flexibility index (Phi) is 17.1. The maximum atomic E-state index is 15.6. The van der Waals surface area contributed by atoms with E-state index in [1.54, 1.807) is 26.4 Å². The van der Waals surface area contributed by atoms with Crippen LogP contribution >= 0.6 is 0 Å². The minimum absolute atomic E-state index is 0.0558. The van der Waals surface area contributed by atoms with Crippen LogP contribution in [0, 0.1) is 36.3 Å². The van der Waals surface area contributed by atoms with Crippen LogP contribution in [0.1, 0.15) is 111 Å². The van der Waals surface area contributed by atoms with E-state index in [1.165, 1.54) is 23.3 Å². The van der Waals surface area contributed by atoms with E-state index in [0.29, 0.717) is 51.7 Å². The largest absolute Gasteiger partial charge is 0.493 e. The lowest BCUT2D eigenvalue weighted by Crippen LogP contribution is -2.40. The van der Waals surface area contributed by atoms with Gasteiger partial charge in [-0.05, 0) is 117 Å². The summed E-state index contributed by atoms with van der Waals surface area (Å²) < 4.78 is 68.4. The molecule has 65 heavy (non-hydrogen) atoms. The van der Waals surface area contributed by atoms with Gasteiger partial charge in [-0.25, -0.2) is 8.78 Å². The molecule has 0 aliphatic rings. The molecule has 0 N–H and O–H groups in total. The van der Waals surface area contributed by atoms with E-state index in [2.05, 4.69) is 133 Å². The van der Waals surface area contributed by atoms with Crippen molar-refractivity contribution in [3.05, 3.63) is 82.4 Å². The molecule has 0 aliphatic carbocycles. The Balaban J connectivity index is 1.79. The van der Waals surface area contributed by atoms with Crippen LogP contribution in [0.2, 0.25) is 39.3 Å². The number of benzene rings is 4. The topological polar surface area (TPSA) is 55.4 Å². The third kappa shape index (κ3) is 14.2. The second-order valence-corrected chi connectivity index (χ2v) is 34.0. The predicted molar refractivity (Wildman–Crippen MR) is 274 cm³/mol. The summed E-state index contributed by atoms with van der Waals surface area (Å²) in [6.45, 7) is 41.0. The first-order chi connectivity index (χ1) is 29.8. The minimum Gasteiger partial charge on any atom is -0.493 e. The van der Waals surface area contributed by atoms with Crippen LogP contribution in [0.15, 0.2) is 48.5 Å². The zero-order valence-corrected chi connectivity index (χ0v) is 45.8. The third-order valence-electron chi connectivity index (χ3n) is 11.8. The van der Waals surface area contributed by atoms with Gasteiger partial charge >= 0.3 is 0 Å². The van der Waals surface area contributed by atoms with E-state index in [4.69, 9.17) is 28.4 Å². The van der Waals surface area contributed by atoms with Crippen molar-refractivity contribution in [2.75, 3.05) is 41.0 Å². The summed E-state index contributed by atoms with van der Waals surface area (Å²) in [5, 5.41) is 2.29. The van der Waals surface area contributed by atoms with Crippen LogP contribution in [0.3, 0.4) is 0 Å². The molecule has 10 heteroatoms. The summed E-state index contributed by atoms with van der Waals surface area (Å²) in [7, 11) is -0.829. The van der Waals surface area contributed by atoms with Crippen LogP contribution < -0.4 is 29.3 Å². The number of ether oxygens (including phenoxy) is 6. The van der Waals surface area contributed by atoms with Gasteiger partial charge in [0, 0.05) is 42.9 Å². The number of rotatable bonds is 20. The summed E-state index contributed by atoms with van der Waals surface area (Å²) in [5.74, 6) is 1.89. The van der Waals surface area contributed by atoms with Gasteiger partial charge in [-0.15, -0.1) is 0 Å². The lowest BCUT2D eigenvalue weighted by molar-refractivity contribution is 0.0520. The summed E-state index contributed by atoms with van der Waals surface area (Å²) in [5.41, 5.74) is 6.35. The number of hydrogen-bond acceptors (Lipinski definition) is 6. The quantitative estimate of drug-likeness (QED) is 0.0500. The standard InChI is InChI=1S/C55H82F2O6Si2/c1-36-24-40(56)30-44(42-26-38(54(9,10)32-52(3,4)5)28-46(64(15,16)17)50(42)62-34-58-13)48(36)60-22-21-23-61-49-37(2)25-41(57)31-45(49)43-27-39(55(11,12)33-53(6,7)8)29-47(65(18,19)20)51(43)63-35-59-14/h24-31H,21-23,32-35H2,1-20H3. The fourth-order valence-electron chi connectivity index (χ4n) is 9.61. The molecule has 4 aromatic carbocycles. The van der Waals surface area contributed by atoms with Crippen molar-refractivity contribution < 1.29 is 37.2 Å². The van der Waals surface area contributed by atoms with E-state index in [1.807, 2.05) is 13.8 Å². The van der Waals surface area contributed by atoms with Crippen LogP contribution in [-0.2, 0) is 20.3 Å². The van der Waals surface area contributed by atoms with Crippen LogP contribution in [0.5, 0.6) is 23.0 Å². The normalized spacial score (nSPS) is 13.0. The molecule has 0 saturated carbocycles. The van der Waals surface area contributed by atoms with Gasteiger partial charge < -0.3 is 28.4 Å². The van der Waals surface area contributed by atoms with E-state index >= 15 is 8.78 Å². The maximum absolute atomic E-state index is 15.6. The average molecular weight is 933 g/mol. The number of halogens is 2. The van der Waals surface area contributed by atoms with Crippen LogP contribution in [0.25, 0.3) is 22.3 Å². The molecular formula is C55H82F2O6Si2. The van der Waals surface area contributed by atoms with E-state index in [0.717, 1.165) is 34.3 Å².